The maximum atomic E-state index is 11.6. The molecule has 0 saturated heterocycles. The lowest BCUT2D eigenvalue weighted by Crippen LogP contribution is -2.43. The Balaban J connectivity index is 2.60. The Kier molecular flexibility index (Phi) is 5.86. The second-order valence-electron chi connectivity index (χ2n) is 4.41. The summed E-state index contributed by atoms with van der Waals surface area (Å²) in [5.41, 5.74) is -1.82. The van der Waals surface area contributed by atoms with Crippen molar-refractivity contribution >= 4 is 17.9 Å². The molecule has 1 aromatic carbocycles. The zero-order valence-electron chi connectivity index (χ0n) is 11.4. The highest BCUT2D eigenvalue weighted by molar-refractivity contribution is 5.88. The summed E-state index contributed by atoms with van der Waals surface area (Å²) in [7, 11) is 1.05. The molecule has 7 nitrogen and oxygen atoms in total. The number of benzene rings is 1. The van der Waals surface area contributed by atoms with E-state index in [9.17, 15) is 19.5 Å². The molecule has 21 heavy (non-hydrogen) atoms. The average Bonchev–Trinajstić information content (AvgIpc) is 2.45. The van der Waals surface area contributed by atoms with Gasteiger partial charge in [0.2, 0.25) is 0 Å². The molecule has 0 aromatic heterocycles. The number of ether oxygens (including phenoxy) is 2. The highest BCUT2D eigenvalue weighted by atomic mass is 16.5. The van der Waals surface area contributed by atoms with Crippen molar-refractivity contribution < 1.29 is 34.1 Å². The van der Waals surface area contributed by atoms with Gasteiger partial charge in [-0.25, -0.2) is 4.79 Å². The Hall–Kier alpha value is -2.41. The summed E-state index contributed by atoms with van der Waals surface area (Å²) in [5.74, 6) is -3.55. The van der Waals surface area contributed by atoms with Crippen LogP contribution in [-0.4, -0.2) is 40.8 Å². The first-order chi connectivity index (χ1) is 9.87. The number of esters is 2. The molecule has 1 rings (SSSR count). The van der Waals surface area contributed by atoms with Crippen LogP contribution in [0.3, 0.4) is 0 Å². The Morgan fingerprint density at radius 2 is 1.67 bits per heavy atom. The number of hydrogen-bond donors (Lipinski definition) is 2. The van der Waals surface area contributed by atoms with Crippen molar-refractivity contribution in [1.29, 1.82) is 0 Å². The van der Waals surface area contributed by atoms with E-state index in [1.165, 1.54) is 0 Å². The lowest BCUT2D eigenvalue weighted by Gasteiger charge is -2.20. The predicted octanol–water partition coefficient (Wildman–Crippen LogP) is 0.499. The Labute approximate surface area is 121 Å². The van der Waals surface area contributed by atoms with Gasteiger partial charge in [0.05, 0.1) is 20.0 Å². The molecule has 1 atom stereocenters. The lowest BCUT2D eigenvalue weighted by atomic mass is 9.96. The van der Waals surface area contributed by atoms with Crippen molar-refractivity contribution in [2.45, 2.75) is 25.0 Å². The van der Waals surface area contributed by atoms with Crippen LogP contribution in [0.25, 0.3) is 0 Å². The van der Waals surface area contributed by atoms with Crippen LogP contribution in [0, 0.1) is 0 Å². The van der Waals surface area contributed by atoms with Crippen molar-refractivity contribution in [3.05, 3.63) is 35.9 Å². The smallest absolute Gasteiger partial charge is 0.336 e. The summed E-state index contributed by atoms with van der Waals surface area (Å²) in [6.45, 7) is -0.0480. The molecule has 0 bridgehead atoms. The number of carbonyl (C=O) groups excluding carboxylic acids is 2. The van der Waals surface area contributed by atoms with E-state index in [4.69, 9.17) is 9.84 Å². The van der Waals surface area contributed by atoms with Crippen molar-refractivity contribution in [3.8, 4) is 0 Å². The largest absolute Gasteiger partial charge is 0.479 e. The molecule has 0 amide bonds. The van der Waals surface area contributed by atoms with Crippen LogP contribution in [0.2, 0.25) is 0 Å². The van der Waals surface area contributed by atoms with E-state index in [2.05, 4.69) is 4.74 Å². The number of carboxylic acid groups (broad SMARTS) is 1. The van der Waals surface area contributed by atoms with E-state index in [0.717, 1.165) is 12.7 Å². The second-order valence-corrected chi connectivity index (χ2v) is 4.41. The number of hydrogen-bond acceptors (Lipinski definition) is 6. The van der Waals surface area contributed by atoms with Crippen molar-refractivity contribution in [2.24, 2.45) is 0 Å². The van der Waals surface area contributed by atoms with Gasteiger partial charge >= 0.3 is 17.9 Å². The molecule has 1 unspecified atom stereocenters. The van der Waals surface area contributed by atoms with Crippen LogP contribution in [0.4, 0.5) is 0 Å². The molecular weight excluding hydrogens is 280 g/mol. The SMILES string of the molecule is COC(=O)CC(O)(CC(=O)OCc1ccccc1)C(=O)O. The van der Waals surface area contributed by atoms with E-state index in [0.29, 0.717) is 0 Å². The summed E-state index contributed by atoms with van der Waals surface area (Å²) in [6.07, 6.45) is -1.68. The van der Waals surface area contributed by atoms with Crippen LogP contribution < -0.4 is 0 Å². The maximum Gasteiger partial charge on any atom is 0.336 e. The number of methoxy groups -OCH3 is 1. The number of aliphatic hydroxyl groups is 1. The van der Waals surface area contributed by atoms with E-state index >= 15 is 0 Å². The minimum Gasteiger partial charge on any atom is -0.479 e. The van der Waals surface area contributed by atoms with Gasteiger partial charge in [0.15, 0.2) is 5.60 Å². The molecule has 0 spiro atoms. The molecule has 114 valence electrons. The monoisotopic (exact) mass is 296 g/mol. The third-order valence-electron chi connectivity index (χ3n) is 2.74. The summed E-state index contributed by atoms with van der Waals surface area (Å²) in [5, 5.41) is 18.8. The zero-order chi connectivity index (χ0) is 15.9. The average molecular weight is 296 g/mol. The molecule has 0 saturated carbocycles. The molecule has 2 N–H and O–H groups in total. The number of carboxylic acids is 1. The highest BCUT2D eigenvalue weighted by Gasteiger charge is 2.41. The van der Waals surface area contributed by atoms with Gasteiger partial charge in [-0.05, 0) is 5.56 Å². The van der Waals surface area contributed by atoms with Gasteiger partial charge in [-0.3, -0.25) is 9.59 Å². The number of carbonyl (C=O) groups is 3. The summed E-state index contributed by atoms with van der Waals surface area (Å²) < 4.78 is 9.17. The standard InChI is InChI=1S/C14H16O7/c1-20-11(15)7-14(19,13(17)18)8-12(16)21-9-10-5-3-2-4-6-10/h2-6,19H,7-9H2,1H3,(H,17,18). The van der Waals surface area contributed by atoms with E-state index in [1.807, 2.05) is 0 Å². The normalized spacial score (nSPS) is 13.0. The Morgan fingerprint density at radius 1 is 1.10 bits per heavy atom. The van der Waals surface area contributed by atoms with Crippen LogP contribution in [0.1, 0.15) is 18.4 Å². The van der Waals surface area contributed by atoms with Crippen molar-refractivity contribution in [3.63, 3.8) is 0 Å². The third kappa shape index (κ3) is 5.23. The second kappa shape index (κ2) is 7.39. The molecular formula is C14H16O7. The van der Waals surface area contributed by atoms with Crippen molar-refractivity contribution in [1.82, 2.24) is 0 Å². The first kappa shape index (κ1) is 16.6. The van der Waals surface area contributed by atoms with Gasteiger partial charge in [0.1, 0.15) is 6.61 Å². The van der Waals surface area contributed by atoms with Gasteiger partial charge in [-0.2, -0.15) is 0 Å². The molecule has 0 fully saturated rings. The van der Waals surface area contributed by atoms with Gasteiger partial charge in [-0.15, -0.1) is 0 Å². The van der Waals surface area contributed by atoms with E-state index in [1.54, 1.807) is 30.3 Å². The fourth-order valence-corrected chi connectivity index (χ4v) is 1.55. The van der Waals surface area contributed by atoms with Gasteiger partial charge < -0.3 is 19.7 Å². The van der Waals surface area contributed by atoms with Crippen LogP contribution in [0.15, 0.2) is 30.3 Å². The third-order valence-corrected chi connectivity index (χ3v) is 2.74. The topological polar surface area (TPSA) is 110 Å². The molecule has 0 aliphatic carbocycles. The van der Waals surface area contributed by atoms with Gasteiger partial charge in [-0.1, -0.05) is 30.3 Å². The van der Waals surface area contributed by atoms with Crippen LogP contribution in [0.5, 0.6) is 0 Å². The Bertz CT molecular complexity index is 511. The number of rotatable bonds is 7. The first-order valence-electron chi connectivity index (χ1n) is 6.09. The summed E-state index contributed by atoms with van der Waals surface area (Å²) >= 11 is 0. The molecule has 1 aromatic rings. The highest BCUT2D eigenvalue weighted by Crippen LogP contribution is 2.18. The zero-order valence-corrected chi connectivity index (χ0v) is 11.4. The summed E-state index contributed by atoms with van der Waals surface area (Å²) in [6, 6.07) is 8.77. The van der Waals surface area contributed by atoms with Crippen LogP contribution >= 0.6 is 0 Å². The fraction of sp³-hybridized carbons (Fsp3) is 0.357. The molecule has 0 aliphatic rings. The van der Waals surface area contributed by atoms with Crippen molar-refractivity contribution in [2.75, 3.05) is 7.11 Å². The fourth-order valence-electron chi connectivity index (χ4n) is 1.55. The van der Waals surface area contributed by atoms with Gasteiger partial charge in [0, 0.05) is 0 Å². The lowest BCUT2D eigenvalue weighted by molar-refractivity contribution is -0.173. The Morgan fingerprint density at radius 3 is 2.19 bits per heavy atom. The van der Waals surface area contributed by atoms with Gasteiger partial charge in [0.25, 0.3) is 0 Å². The minimum absolute atomic E-state index is 0.0480. The molecule has 0 heterocycles. The van der Waals surface area contributed by atoms with E-state index < -0.39 is 36.4 Å². The number of aliphatic carboxylic acids is 1. The predicted molar refractivity (Wildman–Crippen MR) is 70.1 cm³/mol. The quantitative estimate of drug-likeness (QED) is 0.705. The van der Waals surface area contributed by atoms with E-state index in [-0.39, 0.29) is 6.61 Å². The maximum absolute atomic E-state index is 11.6. The molecule has 0 aliphatic heterocycles. The molecule has 7 heteroatoms. The summed E-state index contributed by atoms with van der Waals surface area (Å²) in [4.78, 5) is 33.7. The minimum atomic E-state index is -2.54. The first-order valence-corrected chi connectivity index (χ1v) is 6.09. The molecule has 0 radical (unpaired) electrons. The van der Waals surface area contributed by atoms with Crippen LogP contribution in [-0.2, 0) is 30.5 Å².